The molecule has 23 heavy (non-hydrogen) atoms. The Bertz CT molecular complexity index is 692. The molecule has 4 nitrogen and oxygen atoms in total. The van der Waals surface area contributed by atoms with Crippen LogP contribution in [0.1, 0.15) is 11.1 Å². The third-order valence-corrected chi connectivity index (χ3v) is 4.70. The van der Waals surface area contributed by atoms with Crippen LogP contribution in [-0.4, -0.2) is 25.0 Å². The minimum atomic E-state index is -0.124. The van der Waals surface area contributed by atoms with Crippen molar-refractivity contribution in [2.45, 2.75) is 5.75 Å². The molecule has 6 heteroatoms. The van der Waals surface area contributed by atoms with Crippen molar-refractivity contribution in [1.29, 1.82) is 0 Å². The van der Waals surface area contributed by atoms with Gasteiger partial charge in [0.2, 0.25) is 5.91 Å². The van der Waals surface area contributed by atoms with E-state index in [-0.39, 0.29) is 5.91 Å². The number of ether oxygens (including phenoxy) is 1. The van der Waals surface area contributed by atoms with Crippen molar-refractivity contribution in [1.82, 2.24) is 5.43 Å². The quantitative estimate of drug-likeness (QED) is 0.575. The number of hydrogen-bond donors (Lipinski definition) is 1. The molecule has 0 atom stereocenters. The first-order valence-corrected chi connectivity index (χ1v) is 8.91. The molecule has 2 aromatic carbocycles. The number of amides is 1. The number of carbonyl (C=O) groups excluding carboxylic acids is 1. The fourth-order valence-corrected chi connectivity index (χ4v) is 3.24. The van der Waals surface area contributed by atoms with Gasteiger partial charge in [0.25, 0.3) is 0 Å². The van der Waals surface area contributed by atoms with Gasteiger partial charge in [-0.25, -0.2) is 5.43 Å². The van der Waals surface area contributed by atoms with Crippen molar-refractivity contribution >= 4 is 39.8 Å². The summed E-state index contributed by atoms with van der Waals surface area (Å²) in [5, 5.41) is 3.96. The topological polar surface area (TPSA) is 50.7 Å². The second kappa shape index (κ2) is 9.37. The highest BCUT2D eigenvalue weighted by atomic mass is 79.9. The monoisotopic (exact) mass is 392 g/mol. The summed E-state index contributed by atoms with van der Waals surface area (Å²) in [6.45, 7) is 0. The van der Waals surface area contributed by atoms with E-state index in [4.69, 9.17) is 4.74 Å². The van der Waals surface area contributed by atoms with E-state index in [0.717, 1.165) is 21.5 Å². The molecule has 0 unspecified atom stereocenters. The van der Waals surface area contributed by atoms with Crippen LogP contribution in [0.3, 0.4) is 0 Å². The molecule has 1 amide bonds. The third-order valence-electron chi connectivity index (χ3n) is 2.95. The number of nitrogens with one attached hydrogen (secondary N) is 1. The van der Waals surface area contributed by atoms with E-state index in [2.05, 4.69) is 26.5 Å². The summed E-state index contributed by atoms with van der Waals surface area (Å²) in [6, 6.07) is 15.4. The Morgan fingerprint density at radius 3 is 2.91 bits per heavy atom. The largest absolute Gasteiger partial charge is 0.497 e. The molecule has 2 aromatic rings. The molecule has 0 saturated carbocycles. The van der Waals surface area contributed by atoms with Crippen LogP contribution in [0.25, 0.3) is 0 Å². The Hall–Kier alpha value is -1.79. The second-order valence-electron chi connectivity index (χ2n) is 4.65. The predicted molar refractivity (Wildman–Crippen MR) is 99.0 cm³/mol. The van der Waals surface area contributed by atoms with Crippen LogP contribution in [0.4, 0.5) is 0 Å². The lowest BCUT2D eigenvalue weighted by Gasteiger charge is -2.03. The van der Waals surface area contributed by atoms with Gasteiger partial charge in [0.05, 0.1) is 19.1 Å². The zero-order valence-corrected chi connectivity index (χ0v) is 15.1. The fraction of sp³-hybridized carbons (Fsp3) is 0.176. The Morgan fingerprint density at radius 2 is 2.13 bits per heavy atom. The summed E-state index contributed by atoms with van der Waals surface area (Å²) in [5.74, 6) is 1.76. The van der Waals surface area contributed by atoms with E-state index < -0.39 is 0 Å². The normalized spacial score (nSPS) is 10.7. The molecule has 2 rings (SSSR count). The Kier molecular flexibility index (Phi) is 7.16. The Labute approximate surface area is 148 Å². The maximum Gasteiger partial charge on any atom is 0.250 e. The van der Waals surface area contributed by atoms with Gasteiger partial charge in [0.1, 0.15) is 5.75 Å². The molecule has 0 aliphatic carbocycles. The minimum absolute atomic E-state index is 0.124. The van der Waals surface area contributed by atoms with E-state index >= 15 is 0 Å². The molecule has 0 fully saturated rings. The van der Waals surface area contributed by atoms with Gasteiger partial charge < -0.3 is 4.74 Å². The number of hydrogen-bond acceptors (Lipinski definition) is 4. The molecule has 0 heterocycles. The summed E-state index contributed by atoms with van der Waals surface area (Å²) in [5.41, 5.74) is 4.56. The molecule has 0 spiro atoms. The SMILES string of the molecule is COc1cccc(/C=N\NC(=O)CSCc2ccccc2Br)c1. The van der Waals surface area contributed by atoms with Crippen LogP contribution in [0, 0.1) is 0 Å². The fourth-order valence-electron chi connectivity index (χ4n) is 1.80. The van der Waals surface area contributed by atoms with Crippen molar-refractivity contribution < 1.29 is 9.53 Å². The molecular formula is C17H17BrN2O2S. The molecule has 0 aliphatic rings. The number of carbonyl (C=O) groups is 1. The van der Waals surface area contributed by atoms with Gasteiger partial charge in [-0.2, -0.15) is 5.10 Å². The minimum Gasteiger partial charge on any atom is -0.497 e. The maximum atomic E-state index is 11.7. The van der Waals surface area contributed by atoms with Crippen molar-refractivity contribution in [2.75, 3.05) is 12.9 Å². The molecule has 0 aromatic heterocycles. The van der Waals surface area contributed by atoms with Crippen LogP contribution in [0.2, 0.25) is 0 Å². The maximum absolute atomic E-state index is 11.7. The van der Waals surface area contributed by atoms with Gasteiger partial charge in [-0.1, -0.05) is 46.3 Å². The van der Waals surface area contributed by atoms with E-state index in [9.17, 15) is 4.79 Å². The molecule has 0 radical (unpaired) electrons. The Balaban J connectivity index is 1.74. The highest BCUT2D eigenvalue weighted by Crippen LogP contribution is 2.21. The third kappa shape index (κ3) is 6.08. The molecule has 120 valence electrons. The zero-order chi connectivity index (χ0) is 16.5. The molecular weight excluding hydrogens is 376 g/mol. The number of thioether (sulfide) groups is 1. The number of hydrazone groups is 1. The zero-order valence-electron chi connectivity index (χ0n) is 12.7. The van der Waals surface area contributed by atoms with E-state index in [1.807, 2.05) is 48.5 Å². The molecule has 0 aliphatic heterocycles. The lowest BCUT2D eigenvalue weighted by molar-refractivity contribution is -0.118. The van der Waals surface area contributed by atoms with Crippen LogP contribution in [-0.2, 0) is 10.5 Å². The van der Waals surface area contributed by atoms with Gasteiger partial charge in [0, 0.05) is 10.2 Å². The number of methoxy groups -OCH3 is 1. The van der Waals surface area contributed by atoms with E-state index in [1.165, 1.54) is 5.56 Å². The van der Waals surface area contributed by atoms with Gasteiger partial charge in [-0.05, 0) is 29.3 Å². The standard InChI is InChI=1S/C17H17BrN2O2S/c1-22-15-7-4-5-13(9-15)10-19-20-17(21)12-23-11-14-6-2-3-8-16(14)18/h2-10H,11-12H2,1H3,(H,20,21)/b19-10-. The summed E-state index contributed by atoms with van der Waals surface area (Å²) in [7, 11) is 1.61. The van der Waals surface area contributed by atoms with Crippen molar-refractivity contribution in [3.05, 3.63) is 64.1 Å². The first-order valence-electron chi connectivity index (χ1n) is 6.96. The van der Waals surface area contributed by atoms with Crippen LogP contribution in [0.15, 0.2) is 58.1 Å². The van der Waals surface area contributed by atoms with Crippen LogP contribution in [0.5, 0.6) is 5.75 Å². The first kappa shape index (κ1) is 17.6. The van der Waals surface area contributed by atoms with Gasteiger partial charge in [-0.15, -0.1) is 11.8 Å². The summed E-state index contributed by atoms with van der Waals surface area (Å²) in [4.78, 5) is 11.7. The molecule has 1 N–H and O–H groups in total. The first-order chi connectivity index (χ1) is 11.2. The van der Waals surface area contributed by atoms with Gasteiger partial charge in [0.15, 0.2) is 0 Å². The molecule has 0 bridgehead atoms. The summed E-state index contributed by atoms with van der Waals surface area (Å²) < 4.78 is 6.19. The summed E-state index contributed by atoms with van der Waals surface area (Å²) in [6.07, 6.45) is 1.60. The highest BCUT2D eigenvalue weighted by molar-refractivity contribution is 9.10. The Morgan fingerprint density at radius 1 is 1.30 bits per heavy atom. The van der Waals surface area contributed by atoms with Gasteiger partial charge in [-0.3, -0.25) is 4.79 Å². The number of nitrogens with zero attached hydrogens (tertiary/aromatic N) is 1. The number of halogens is 1. The molecule has 0 saturated heterocycles. The van der Waals surface area contributed by atoms with E-state index in [0.29, 0.717) is 5.75 Å². The van der Waals surface area contributed by atoms with Crippen LogP contribution < -0.4 is 10.2 Å². The lowest BCUT2D eigenvalue weighted by Crippen LogP contribution is -2.19. The van der Waals surface area contributed by atoms with Crippen molar-refractivity contribution in [3.63, 3.8) is 0 Å². The predicted octanol–water partition coefficient (Wildman–Crippen LogP) is 3.84. The highest BCUT2D eigenvalue weighted by Gasteiger charge is 2.03. The lowest BCUT2D eigenvalue weighted by atomic mass is 10.2. The smallest absolute Gasteiger partial charge is 0.250 e. The second-order valence-corrected chi connectivity index (χ2v) is 6.49. The average Bonchev–Trinajstić information content (AvgIpc) is 2.57. The van der Waals surface area contributed by atoms with Crippen molar-refractivity contribution in [2.24, 2.45) is 5.10 Å². The van der Waals surface area contributed by atoms with Crippen LogP contribution >= 0.6 is 27.7 Å². The average molecular weight is 393 g/mol. The summed E-state index contributed by atoms with van der Waals surface area (Å²) >= 11 is 5.04. The van der Waals surface area contributed by atoms with E-state index in [1.54, 1.807) is 25.1 Å². The van der Waals surface area contributed by atoms with Gasteiger partial charge >= 0.3 is 0 Å². The number of rotatable bonds is 7. The number of benzene rings is 2. The van der Waals surface area contributed by atoms with Crippen molar-refractivity contribution in [3.8, 4) is 5.75 Å².